The molecule has 1 aliphatic carbocycles. The lowest BCUT2D eigenvalue weighted by molar-refractivity contribution is -0.144. The van der Waals surface area contributed by atoms with Gasteiger partial charge in [0.25, 0.3) is 0 Å². The Hall–Kier alpha value is -3.02. The minimum absolute atomic E-state index is 0.0753. The van der Waals surface area contributed by atoms with E-state index in [-0.39, 0.29) is 28.1 Å². The van der Waals surface area contributed by atoms with Gasteiger partial charge in [-0.1, -0.05) is 71.7 Å². The molecule has 0 spiro atoms. The average molecular weight is 456 g/mol. The fourth-order valence-corrected chi connectivity index (χ4v) is 4.46. The van der Waals surface area contributed by atoms with Crippen LogP contribution in [0.3, 0.4) is 0 Å². The zero-order valence-electron chi connectivity index (χ0n) is 16.6. The molecule has 3 aromatic carbocycles. The van der Waals surface area contributed by atoms with E-state index < -0.39 is 17.6 Å². The number of halogens is 2. The summed E-state index contributed by atoms with van der Waals surface area (Å²) in [7, 11) is 0. The smallest absolute Gasteiger partial charge is 0.408 e. The van der Waals surface area contributed by atoms with Crippen LogP contribution in [0.25, 0.3) is 11.1 Å². The number of hydrogen-bond donors (Lipinski definition) is 2. The highest BCUT2D eigenvalue weighted by molar-refractivity contribution is 6.34. The summed E-state index contributed by atoms with van der Waals surface area (Å²) in [6.07, 6.45) is -0.845. The van der Waals surface area contributed by atoms with Crippen LogP contribution in [0.1, 0.15) is 29.5 Å². The number of benzene rings is 3. The monoisotopic (exact) mass is 455 g/mol. The predicted octanol–water partition coefficient (Wildman–Crippen LogP) is 5.83. The number of nitrogens with one attached hydrogen (secondary N) is 1. The molecular weight excluding hydrogens is 437 g/mol. The molecule has 31 heavy (non-hydrogen) atoms. The molecule has 1 amide bonds. The fourth-order valence-electron chi connectivity index (χ4n) is 3.93. The van der Waals surface area contributed by atoms with Crippen molar-refractivity contribution < 1.29 is 19.4 Å². The zero-order chi connectivity index (χ0) is 22.2. The van der Waals surface area contributed by atoms with Crippen molar-refractivity contribution in [3.63, 3.8) is 0 Å². The number of fused-ring (bicyclic) bond motifs is 3. The molecule has 7 heteroatoms. The number of carboxylic acid groups (broad SMARTS) is 1. The lowest BCUT2D eigenvalue weighted by atomic mass is 9.92. The van der Waals surface area contributed by atoms with Crippen molar-refractivity contribution in [1.82, 2.24) is 5.32 Å². The van der Waals surface area contributed by atoms with Gasteiger partial charge in [-0.3, -0.25) is 0 Å². The van der Waals surface area contributed by atoms with Crippen LogP contribution >= 0.6 is 23.2 Å². The Balaban J connectivity index is 1.54. The number of ether oxygens (including phenoxy) is 1. The number of rotatable bonds is 5. The molecule has 0 aromatic heterocycles. The summed E-state index contributed by atoms with van der Waals surface area (Å²) in [5.74, 6) is -1.39. The number of carbonyl (C=O) groups is 2. The molecule has 3 aromatic rings. The molecule has 0 saturated heterocycles. The van der Waals surface area contributed by atoms with Crippen LogP contribution in [0.15, 0.2) is 66.7 Å². The van der Waals surface area contributed by atoms with Gasteiger partial charge in [-0.05, 0) is 52.9 Å². The van der Waals surface area contributed by atoms with Crippen molar-refractivity contribution in [3.05, 3.63) is 93.5 Å². The number of carboxylic acids is 1. The van der Waals surface area contributed by atoms with Gasteiger partial charge < -0.3 is 15.2 Å². The molecule has 0 fully saturated rings. The summed E-state index contributed by atoms with van der Waals surface area (Å²) in [5.41, 5.74) is 2.83. The van der Waals surface area contributed by atoms with Gasteiger partial charge in [0.2, 0.25) is 0 Å². The van der Waals surface area contributed by atoms with Gasteiger partial charge in [-0.25, -0.2) is 9.59 Å². The first-order valence-electron chi connectivity index (χ1n) is 9.62. The predicted molar refractivity (Wildman–Crippen MR) is 120 cm³/mol. The van der Waals surface area contributed by atoms with E-state index in [1.165, 1.54) is 25.1 Å². The molecule has 5 nitrogen and oxygen atoms in total. The summed E-state index contributed by atoms with van der Waals surface area (Å²) >= 11 is 12.0. The molecule has 0 radical (unpaired) electrons. The molecule has 0 saturated carbocycles. The third-order valence-corrected chi connectivity index (χ3v) is 6.00. The topological polar surface area (TPSA) is 75.6 Å². The summed E-state index contributed by atoms with van der Waals surface area (Å²) in [6, 6.07) is 20.3. The van der Waals surface area contributed by atoms with Crippen molar-refractivity contribution in [3.8, 4) is 11.1 Å². The van der Waals surface area contributed by atoms with Gasteiger partial charge in [0.1, 0.15) is 6.61 Å². The van der Waals surface area contributed by atoms with Crippen LogP contribution in [-0.4, -0.2) is 23.8 Å². The maximum Gasteiger partial charge on any atom is 0.408 e. The molecular formula is C24H19Cl2NO4. The Morgan fingerprint density at radius 2 is 1.48 bits per heavy atom. The van der Waals surface area contributed by atoms with E-state index in [2.05, 4.69) is 5.32 Å². The Labute approximate surface area is 189 Å². The van der Waals surface area contributed by atoms with Crippen molar-refractivity contribution in [1.29, 1.82) is 0 Å². The largest absolute Gasteiger partial charge is 0.479 e. The maximum absolute atomic E-state index is 12.6. The van der Waals surface area contributed by atoms with Gasteiger partial charge in [0.15, 0.2) is 5.54 Å². The van der Waals surface area contributed by atoms with Gasteiger partial charge >= 0.3 is 12.1 Å². The van der Waals surface area contributed by atoms with Crippen LogP contribution in [-0.2, 0) is 15.1 Å². The summed E-state index contributed by atoms with van der Waals surface area (Å²) in [6.45, 7) is 1.44. The minimum Gasteiger partial charge on any atom is -0.479 e. The third kappa shape index (κ3) is 3.99. The van der Waals surface area contributed by atoms with Crippen LogP contribution < -0.4 is 5.32 Å². The van der Waals surface area contributed by atoms with Crippen LogP contribution in [0.2, 0.25) is 10.0 Å². The van der Waals surface area contributed by atoms with Gasteiger partial charge in [-0.15, -0.1) is 0 Å². The maximum atomic E-state index is 12.6. The van der Waals surface area contributed by atoms with Crippen LogP contribution in [0, 0.1) is 0 Å². The number of alkyl carbamates (subject to hydrolysis) is 1. The number of carbonyl (C=O) groups excluding carboxylic acids is 1. The lowest BCUT2D eigenvalue weighted by Crippen LogP contribution is -2.50. The highest BCUT2D eigenvalue weighted by Crippen LogP contribution is 2.44. The van der Waals surface area contributed by atoms with Crippen LogP contribution in [0.5, 0.6) is 0 Å². The second kappa shape index (κ2) is 8.25. The van der Waals surface area contributed by atoms with Crippen molar-refractivity contribution in [2.24, 2.45) is 0 Å². The Morgan fingerprint density at radius 1 is 0.968 bits per heavy atom. The van der Waals surface area contributed by atoms with Crippen molar-refractivity contribution >= 4 is 35.3 Å². The van der Waals surface area contributed by atoms with E-state index in [1.807, 2.05) is 48.5 Å². The Bertz CT molecular complexity index is 1110. The quantitative estimate of drug-likeness (QED) is 0.507. The van der Waals surface area contributed by atoms with E-state index in [9.17, 15) is 14.7 Å². The van der Waals surface area contributed by atoms with Crippen LogP contribution in [0.4, 0.5) is 4.79 Å². The molecule has 4 rings (SSSR count). The van der Waals surface area contributed by atoms with E-state index in [1.54, 1.807) is 0 Å². The highest BCUT2D eigenvalue weighted by atomic mass is 35.5. The third-order valence-electron chi connectivity index (χ3n) is 5.56. The van der Waals surface area contributed by atoms with Crippen molar-refractivity contribution in [2.45, 2.75) is 18.4 Å². The zero-order valence-corrected chi connectivity index (χ0v) is 18.1. The van der Waals surface area contributed by atoms with Crippen molar-refractivity contribution in [2.75, 3.05) is 6.61 Å². The highest BCUT2D eigenvalue weighted by Gasteiger charge is 2.38. The first kappa shape index (κ1) is 21.2. The normalized spacial score (nSPS) is 14.3. The number of amides is 1. The lowest BCUT2D eigenvalue weighted by Gasteiger charge is -2.27. The second-order valence-electron chi connectivity index (χ2n) is 7.54. The molecule has 1 unspecified atom stereocenters. The Kier molecular flexibility index (Phi) is 5.65. The van der Waals surface area contributed by atoms with Gasteiger partial charge in [-0.2, -0.15) is 0 Å². The summed E-state index contributed by atoms with van der Waals surface area (Å²) in [4.78, 5) is 24.6. The minimum atomic E-state index is -1.77. The second-order valence-corrected chi connectivity index (χ2v) is 8.41. The SMILES string of the molecule is CC(NC(=O)OCC1c2ccccc2-c2ccccc21)(C(=O)O)c1cc(Cl)cc(Cl)c1. The average Bonchev–Trinajstić information content (AvgIpc) is 3.05. The standard InChI is InChI=1S/C24H19Cl2NO4/c1-24(22(28)29,14-10-15(25)12-16(26)11-14)27-23(30)31-13-21-19-8-4-2-6-17(19)18-7-3-5-9-20(18)21/h2-12,21H,13H2,1H3,(H,27,30)(H,28,29). The fraction of sp³-hybridized carbons (Fsp3) is 0.167. The van der Waals surface area contributed by atoms with E-state index >= 15 is 0 Å². The first-order chi connectivity index (χ1) is 14.8. The molecule has 0 bridgehead atoms. The van der Waals surface area contributed by atoms with Gasteiger partial charge in [0, 0.05) is 16.0 Å². The molecule has 1 aliphatic rings. The number of hydrogen-bond acceptors (Lipinski definition) is 3. The summed E-state index contributed by atoms with van der Waals surface area (Å²) in [5, 5.41) is 12.8. The molecule has 0 heterocycles. The van der Waals surface area contributed by atoms with Gasteiger partial charge in [0.05, 0.1) is 0 Å². The Morgan fingerprint density at radius 3 is 2.00 bits per heavy atom. The first-order valence-corrected chi connectivity index (χ1v) is 10.4. The summed E-state index contributed by atoms with van der Waals surface area (Å²) < 4.78 is 5.49. The molecule has 1 atom stereocenters. The molecule has 2 N–H and O–H groups in total. The van der Waals surface area contributed by atoms with E-state index in [4.69, 9.17) is 27.9 Å². The van der Waals surface area contributed by atoms with E-state index in [0.29, 0.717) is 0 Å². The molecule has 158 valence electrons. The molecule has 0 aliphatic heterocycles. The number of aliphatic carboxylic acids is 1. The van der Waals surface area contributed by atoms with E-state index in [0.717, 1.165) is 22.3 Å².